The van der Waals surface area contributed by atoms with Gasteiger partial charge < -0.3 is 4.74 Å². The standard InChI is InChI=1S/C23H17BrF2N2O/c1-29-20-4-2-3-15(13-20)14-28-23(17-7-11-19(26)12-8-17)21(24)22(27-28)16-5-9-18(25)10-6-16/h2-13H,14H2,1H3. The maximum absolute atomic E-state index is 13.5. The van der Waals surface area contributed by atoms with Gasteiger partial charge in [-0.3, -0.25) is 4.68 Å². The van der Waals surface area contributed by atoms with E-state index in [2.05, 4.69) is 15.9 Å². The van der Waals surface area contributed by atoms with Gasteiger partial charge in [0.25, 0.3) is 0 Å². The molecule has 146 valence electrons. The van der Waals surface area contributed by atoms with Crippen molar-refractivity contribution >= 4 is 15.9 Å². The first-order valence-electron chi connectivity index (χ1n) is 8.96. The van der Waals surface area contributed by atoms with Crippen LogP contribution in [0.2, 0.25) is 0 Å². The van der Waals surface area contributed by atoms with Crippen LogP contribution in [-0.2, 0) is 6.54 Å². The molecule has 0 unspecified atom stereocenters. The smallest absolute Gasteiger partial charge is 0.123 e. The summed E-state index contributed by atoms with van der Waals surface area (Å²) in [7, 11) is 1.63. The minimum atomic E-state index is -0.306. The molecule has 6 heteroatoms. The van der Waals surface area contributed by atoms with Gasteiger partial charge in [-0.25, -0.2) is 8.78 Å². The largest absolute Gasteiger partial charge is 0.497 e. The number of rotatable bonds is 5. The third kappa shape index (κ3) is 4.07. The highest BCUT2D eigenvalue weighted by Crippen LogP contribution is 2.37. The molecule has 3 nitrogen and oxygen atoms in total. The van der Waals surface area contributed by atoms with E-state index in [0.29, 0.717) is 12.2 Å². The Bertz CT molecular complexity index is 1140. The number of hydrogen-bond donors (Lipinski definition) is 0. The molecule has 0 saturated heterocycles. The zero-order valence-electron chi connectivity index (χ0n) is 15.6. The molecule has 4 aromatic rings. The lowest BCUT2D eigenvalue weighted by molar-refractivity contribution is 0.414. The number of aromatic nitrogens is 2. The van der Waals surface area contributed by atoms with Gasteiger partial charge in [0.1, 0.15) is 23.1 Å². The first-order chi connectivity index (χ1) is 14.0. The van der Waals surface area contributed by atoms with Gasteiger partial charge in [-0.15, -0.1) is 0 Å². The monoisotopic (exact) mass is 454 g/mol. The summed E-state index contributed by atoms with van der Waals surface area (Å²) >= 11 is 3.66. The number of ether oxygens (including phenoxy) is 1. The Kier molecular flexibility index (Phi) is 5.45. The molecule has 0 atom stereocenters. The number of nitrogens with zero attached hydrogens (tertiary/aromatic N) is 2. The molecule has 4 rings (SSSR count). The summed E-state index contributed by atoms with van der Waals surface area (Å²) in [6.07, 6.45) is 0. The van der Waals surface area contributed by atoms with Crippen LogP contribution in [-0.4, -0.2) is 16.9 Å². The van der Waals surface area contributed by atoms with Crippen molar-refractivity contribution in [1.82, 2.24) is 9.78 Å². The van der Waals surface area contributed by atoms with E-state index in [9.17, 15) is 8.78 Å². The van der Waals surface area contributed by atoms with Crippen LogP contribution in [0.4, 0.5) is 8.78 Å². The van der Waals surface area contributed by atoms with E-state index in [1.165, 1.54) is 24.3 Å². The van der Waals surface area contributed by atoms with Crippen molar-refractivity contribution in [2.24, 2.45) is 0 Å². The summed E-state index contributed by atoms with van der Waals surface area (Å²) in [6.45, 7) is 0.490. The van der Waals surface area contributed by atoms with E-state index >= 15 is 0 Å². The Morgan fingerprint density at radius 2 is 1.52 bits per heavy atom. The van der Waals surface area contributed by atoms with Crippen molar-refractivity contribution in [3.05, 3.63) is 94.5 Å². The van der Waals surface area contributed by atoms with Crippen molar-refractivity contribution in [3.8, 4) is 28.3 Å². The molecule has 29 heavy (non-hydrogen) atoms. The van der Waals surface area contributed by atoms with Crippen LogP contribution in [0.15, 0.2) is 77.3 Å². The Hall–Kier alpha value is -2.99. The van der Waals surface area contributed by atoms with E-state index in [1.807, 2.05) is 28.9 Å². The van der Waals surface area contributed by atoms with Crippen LogP contribution in [0.1, 0.15) is 5.56 Å². The van der Waals surface area contributed by atoms with Crippen LogP contribution in [0.3, 0.4) is 0 Å². The summed E-state index contributed by atoms with van der Waals surface area (Å²) in [4.78, 5) is 0. The maximum atomic E-state index is 13.5. The molecule has 0 fully saturated rings. The zero-order valence-corrected chi connectivity index (χ0v) is 17.2. The number of methoxy groups -OCH3 is 1. The Morgan fingerprint density at radius 3 is 2.14 bits per heavy atom. The van der Waals surface area contributed by atoms with E-state index in [0.717, 1.165) is 32.6 Å². The van der Waals surface area contributed by atoms with Crippen LogP contribution in [0, 0.1) is 11.6 Å². The van der Waals surface area contributed by atoms with Gasteiger partial charge in [0.2, 0.25) is 0 Å². The first kappa shape index (κ1) is 19.3. The normalized spacial score (nSPS) is 10.9. The molecule has 0 aliphatic heterocycles. The van der Waals surface area contributed by atoms with E-state index in [4.69, 9.17) is 9.84 Å². The molecule has 0 aliphatic carbocycles. The predicted octanol–water partition coefficient (Wildman–Crippen LogP) is 6.31. The van der Waals surface area contributed by atoms with Gasteiger partial charge in [0.15, 0.2) is 0 Å². The minimum absolute atomic E-state index is 0.303. The number of hydrogen-bond acceptors (Lipinski definition) is 2. The van der Waals surface area contributed by atoms with Gasteiger partial charge in [0, 0.05) is 11.1 Å². The van der Waals surface area contributed by atoms with Crippen molar-refractivity contribution in [2.75, 3.05) is 7.11 Å². The SMILES string of the molecule is COc1cccc(Cn2nc(-c3ccc(F)cc3)c(Br)c2-c2ccc(F)cc2)c1. The van der Waals surface area contributed by atoms with Crippen LogP contribution in [0.25, 0.3) is 22.5 Å². The Balaban J connectivity index is 1.84. The van der Waals surface area contributed by atoms with E-state index < -0.39 is 0 Å². The Labute approximate surface area is 175 Å². The quantitative estimate of drug-likeness (QED) is 0.353. The number of halogens is 3. The van der Waals surface area contributed by atoms with Crippen molar-refractivity contribution in [3.63, 3.8) is 0 Å². The predicted molar refractivity (Wildman–Crippen MR) is 113 cm³/mol. The molecule has 0 aliphatic rings. The first-order valence-corrected chi connectivity index (χ1v) is 9.75. The molecule has 1 aromatic heterocycles. The van der Waals surface area contributed by atoms with E-state index in [1.54, 1.807) is 31.4 Å². The molecular weight excluding hydrogens is 438 g/mol. The highest BCUT2D eigenvalue weighted by atomic mass is 79.9. The van der Waals surface area contributed by atoms with Gasteiger partial charge in [0.05, 0.1) is 23.8 Å². The minimum Gasteiger partial charge on any atom is -0.497 e. The summed E-state index contributed by atoms with van der Waals surface area (Å²) in [5, 5.41) is 4.77. The molecular formula is C23H17BrF2N2O. The molecule has 1 heterocycles. The molecule has 0 spiro atoms. The van der Waals surface area contributed by atoms with E-state index in [-0.39, 0.29) is 11.6 Å². The third-order valence-electron chi connectivity index (χ3n) is 4.60. The van der Waals surface area contributed by atoms with Crippen molar-refractivity contribution < 1.29 is 13.5 Å². The maximum Gasteiger partial charge on any atom is 0.123 e. The molecule has 0 saturated carbocycles. The second-order valence-corrected chi connectivity index (χ2v) is 7.33. The lowest BCUT2D eigenvalue weighted by Crippen LogP contribution is -2.04. The fourth-order valence-electron chi connectivity index (χ4n) is 3.17. The highest BCUT2D eigenvalue weighted by molar-refractivity contribution is 9.10. The fourth-order valence-corrected chi connectivity index (χ4v) is 3.92. The lowest BCUT2D eigenvalue weighted by atomic mass is 10.1. The molecule has 0 amide bonds. The molecule has 0 N–H and O–H groups in total. The van der Waals surface area contributed by atoms with Gasteiger partial charge in [-0.1, -0.05) is 12.1 Å². The average molecular weight is 455 g/mol. The molecule has 3 aromatic carbocycles. The molecule has 0 bridgehead atoms. The second kappa shape index (κ2) is 8.17. The van der Waals surface area contributed by atoms with Gasteiger partial charge in [-0.2, -0.15) is 5.10 Å². The molecule has 0 radical (unpaired) electrons. The second-order valence-electron chi connectivity index (χ2n) is 6.53. The van der Waals surface area contributed by atoms with Gasteiger partial charge in [-0.05, 0) is 82.2 Å². The Morgan fingerprint density at radius 1 is 0.897 bits per heavy atom. The average Bonchev–Trinajstić information content (AvgIpc) is 3.05. The van der Waals surface area contributed by atoms with Crippen molar-refractivity contribution in [1.29, 1.82) is 0 Å². The van der Waals surface area contributed by atoms with Crippen molar-refractivity contribution in [2.45, 2.75) is 6.54 Å². The summed E-state index contributed by atoms with van der Waals surface area (Å²) in [5.41, 5.74) is 4.11. The zero-order chi connectivity index (χ0) is 20.4. The number of benzene rings is 3. The summed E-state index contributed by atoms with van der Waals surface area (Å²) < 4.78 is 34.8. The summed E-state index contributed by atoms with van der Waals surface area (Å²) in [5.74, 6) is 0.151. The van der Waals surface area contributed by atoms with Gasteiger partial charge >= 0.3 is 0 Å². The van der Waals surface area contributed by atoms with Crippen LogP contribution >= 0.6 is 15.9 Å². The lowest BCUT2D eigenvalue weighted by Gasteiger charge is -2.09. The highest BCUT2D eigenvalue weighted by Gasteiger charge is 2.19. The van der Waals surface area contributed by atoms with Crippen LogP contribution in [0.5, 0.6) is 5.75 Å². The third-order valence-corrected chi connectivity index (χ3v) is 5.35. The topological polar surface area (TPSA) is 27.1 Å². The fraction of sp³-hybridized carbons (Fsp3) is 0.0870. The summed E-state index contributed by atoms with van der Waals surface area (Å²) in [6, 6.07) is 20.2. The van der Waals surface area contributed by atoms with Crippen LogP contribution < -0.4 is 4.74 Å².